The molecule has 0 amide bonds. The van der Waals surface area contributed by atoms with Gasteiger partial charge in [0, 0.05) is 6.54 Å². The maximum atomic E-state index is 11.7. The van der Waals surface area contributed by atoms with Gasteiger partial charge in [-0.3, -0.25) is 4.79 Å². The van der Waals surface area contributed by atoms with E-state index in [4.69, 9.17) is 4.74 Å². The van der Waals surface area contributed by atoms with Crippen molar-refractivity contribution in [3.63, 3.8) is 0 Å². The van der Waals surface area contributed by atoms with Crippen molar-refractivity contribution < 1.29 is 9.53 Å². The third-order valence-corrected chi connectivity index (χ3v) is 3.46. The second kappa shape index (κ2) is 6.53. The molecule has 0 fully saturated rings. The third kappa shape index (κ3) is 3.36. The molecule has 2 aromatic rings. The first-order valence-corrected chi connectivity index (χ1v) is 6.90. The number of hydrogen-bond donors (Lipinski definition) is 1. The number of nitrogens with one attached hydrogen (secondary N) is 1. The summed E-state index contributed by atoms with van der Waals surface area (Å²) in [6.07, 6.45) is 0. The molecule has 0 heterocycles. The predicted molar refractivity (Wildman–Crippen MR) is 81.4 cm³/mol. The molecule has 2 aromatic carbocycles. The fraction of sp³-hybridized carbons (Fsp3) is 0.353. The van der Waals surface area contributed by atoms with Crippen LogP contribution in [0.15, 0.2) is 42.5 Å². The number of rotatable bonds is 5. The number of esters is 1. The van der Waals surface area contributed by atoms with Gasteiger partial charge in [-0.1, -0.05) is 50.2 Å². The Morgan fingerprint density at radius 2 is 1.85 bits per heavy atom. The summed E-state index contributed by atoms with van der Waals surface area (Å²) in [7, 11) is 1.43. The number of hydrogen-bond acceptors (Lipinski definition) is 3. The minimum Gasteiger partial charge on any atom is -0.468 e. The molecule has 1 unspecified atom stereocenters. The molecule has 20 heavy (non-hydrogen) atoms. The van der Waals surface area contributed by atoms with Crippen molar-refractivity contribution in [1.82, 2.24) is 5.32 Å². The first kappa shape index (κ1) is 14.5. The lowest BCUT2D eigenvalue weighted by atomic mass is 10.0. The van der Waals surface area contributed by atoms with Crippen LogP contribution in [0.4, 0.5) is 0 Å². The van der Waals surface area contributed by atoms with Crippen molar-refractivity contribution in [2.45, 2.75) is 26.4 Å². The fourth-order valence-corrected chi connectivity index (χ4v) is 2.29. The van der Waals surface area contributed by atoms with Gasteiger partial charge in [0.2, 0.25) is 0 Å². The van der Waals surface area contributed by atoms with Crippen molar-refractivity contribution in [2.24, 2.45) is 5.92 Å². The molecule has 3 heteroatoms. The molecule has 1 atom stereocenters. The Hall–Kier alpha value is -1.87. The van der Waals surface area contributed by atoms with E-state index in [1.165, 1.54) is 23.4 Å². The number of fused-ring (bicyclic) bond motifs is 1. The molecule has 3 nitrogen and oxygen atoms in total. The Kier molecular flexibility index (Phi) is 4.74. The normalized spacial score (nSPS) is 12.6. The van der Waals surface area contributed by atoms with Crippen LogP contribution in [0, 0.1) is 5.92 Å². The largest absolute Gasteiger partial charge is 0.468 e. The van der Waals surface area contributed by atoms with Gasteiger partial charge < -0.3 is 10.1 Å². The van der Waals surface area contributed by atoms with Crippen LogP contribution in [-0.2, 0) is 16.1 Å². The maximum Gasteiger partial charge on any atom is 0.323 e. The highest BCUT2D eigenvalue weighted by atomic mass is 16.5. The number of carbonyl (C=O) groups excluding carboxylic acids is 1. The smallest absolute Gasteiger partial charge is 0.323 e. The highest BCUT2D eigenvalue weighted by molar-refractivity contribution is 5.83. The quantitative estimate of drug-likeness (QED) is 0.849. The van der Waals surface area contributed by atoms with Crippen molar-refractivity contribution in [1.29, 1.82) is 0 Å². The van der Waals surface area contributed by atoms with Gasteiger partial charge in [-0.2, -0.15) is 0 Å². The van der Waals surface area contributed by atoms with Gasteiger partial charge in [-0.25, -0.2) is 0 Å². The van der Waals surface area contributed by atoms with Crippen molar-refractivity contribution in [3.8, 4) is 0 Å². The van der Waals surface area contributed by atoms with Gasteiger partial charge in [0.05, 0.1) is 7.11 Å². The van der Waals surface area contributed by atoms with Gasteiger partial charge in [0.25, 0.3) is 0 Å². The summed E-state index contributed by atoms with van der Waals surface area (Å²) >= 11 is 0. The number of methoxy groups -OCH3 is 1. The van der Waals surface area contributed by atoms with Crippen molar-refractivity contribution in [2.75, 3.05) is 7.11 Å². The molecule has 0 aliphatic carbocycles. The van der Waals surface area contributed by atoms with Crippen molar-refractivity contribution in [3.05, 3.63) is 48.0 Å². The van der Waals surface area contributed by atoms with Crippen LogP contribution in [-0.4, -0.2) is 19.1 Å². The van der Waals surface area contributed by atoms with Gasteiger partial charge >= 0.3 is 5.97 Å². The minimum absolute atomic E-state index is 0.197. The maximum absolute atomic E-state index is 11.7. The summed E-state index contributed by atoms with van der Waals surface area (Å²) in [5, 5.41) is 5.72. The predicted octanol–water partition coefficient (Wildman–Crippen LogP) is 3.13. The van der Waals surface area contributed by atoms with Gasteiger partial charge in [0.15, 0.2) is 0 Å². The first-order chi connectivity index (χ1) is 9.61. The van der Waals surface area contributed by atoms with Crippen LogP contribution in [0.2, 0.25) is 0 Å². The van der Waals surface area contributed by atoms with E-state index in [2.05, 4.69) is 35.6 Å². The number of ether oxygens (including phenoxy) is 1. The van der Waals surface area contributed by atoms with E-state index in [0.717, 1.165) is 0 Å². The molecule has 0 aromatic heterocycles. The van der Waals surface area contributed by atoms with Crippen LogP contribution >= 0.6 is 0 Å². The van der Waals surface area contributed by atoms with Crippen molar-refractivity contribution >= 4 is 16.7 Å². The SMILES string of the molecule is COC(=O)C(NCc1ccc2ccccc2c1)C(C)C. The van der Waals surface area contributed by atoms with E-state index in [0.29, 0.717) is 6.54 Å². The van der Waals surface area contributed by atoms with Crippen LogP contribution < -0.4 is 5.32 Å². The van der Waals surface area contributed by atoms with E-state index >= 15 is 0 Å². The van der Waals surface area contributed by atoms with Crippen LogP contribution in [0.3, 0.4) is 0 Å². The second-order valence-electron chi connectivity index (χ2n) is 5.31. The van der Waals surface area contributed by atoms with E-state index in [-0.39, 0.29) is 17.9 Å². The number of benzene rings is 2. The minimum atomic E-state index is -0.272. The zero-order valence-electron chi connectivity index (χ0n) is 12.2. The summed E-state index contributed by atoms with van der Waals surface area (Å²) in [5.41, 5.74) is 1.17. The molecular formula is C17H21NO2. The highest BCUT2D eigenvalue weighted by Crippen LogP contribution is 2.16. The summed E-state index contributed by atoms with van der Waals surface area (Å²) < 4.78 is 4.83. The molecule has 0 spiro atoms. The fourth-order valence-electron chi connectivity index (χ4n) is 2.29. The average Bonchev–Trinajstić information content (AvgIpc) is 2.46. The molecule has 0 bridgehead atoms. The summed E-state index contributed by atoms with van der Waals surface area (Å²) in [6, 6.07) is 14.3. The van der Waals surface area contributed by atoms with E-state index in [1.54, 1.807) is 0 Å². The van der Waals surface area contributed by atoms with Gasteiger partial charge in [0.1, 0.15) is 6.04 Å². The summed E-state index contributed by atoms with van der Waals surface area (Å²) in [4.78, 5) is 11.7. The average molecular weight is 271 g/mol. The Morgan fingerprint density at radius 3 is 2.50 bits per heavy atom. The molecular weight excluding hydrogens is 250 g/mol. The first-order valence-electron chi connectivity index (χ1n) is 6.90. The zero-order valence-corrected chi connectivity index (χ0v) is 12.2. The molecule has 0 aliphatic heterocycles. The lowest BCUT2D eigenvalue weighted by molar-refractivity contribution is -0.144. The molecule has 1 N–H and O–H groups in total. The van der Waals surface area contributed by atoms with E-state index in [1.807, 2.05) is 26.0 Å². The Labute approximate surface area is 119 Å². The van der Waals surface area contributed by atoms with Crippen LogP contribution in [0.5, 0.6) is 0 Å². The lowest BCUT2D eigenvalue weighted by Gasteiger charge is -2.20. The Balaban J connectivity index is 2.09. The van der Waals surface area contributed by atoms with E-state index < -0.39 is 0 Å². The standard InChI is InChI=1S/C17H21NO2/c1-12(2)16(17(19)20-3)18-11-13-8-9-14-6-4-5-7-15(14)10-13/h4-10,12,16,18H,11H2,1-3H3. The van der Waals surface area contributed by atoms with E-state index in [9.17, 15) is 4.79 Å². The van der Waals surface area contributed by atoms with Crippen LogP contribution in [0.25, 0.3) is 10.8 Å². The summed E-state index contributed by atoms with van der Waals surface area (Å²) in [6.45, 7) is 4.67. The number of carbonyl (C=O) groups is 1. The third-order valence-electron chi connectivity index (χ3n) is 3.46. The molecule has 0 saturated heterocycles. The zero-order chi connectivity index (χ0) is 14.5. The molecule has 106 valence electrons. The summed E-state index contributed by atoms with van der Waals surface area (Å²) in [5.74, 6) is -0.0105. The van der Waals surface area contributed by atoms with Gasteiger partial charge in [-0.15, -0.1) is 0 Å². The topological polar surface area (TPSA) is 38.3 Å². The molecule has 0 saturated carbocycles. The molecule has 0 radical (unpaired) electrons. The second-order valence-corrected chi connectivity index (χ2v) is 5.31. The lowest BCUT2D eigenvalue weighted by Crippen LogP contribution is -2.41. The highest BCUT2D eigenvalue weighted by Gasteiger charge is 2.21. The van der Waals surface area contributed by atoms with Gasteiger partial charge in [-0.05, 0) is 28.3 Å². The Morgan fingerprint density at radius 1 is 1.15 bits per heavy atom. The molecule has 0 aliphatic rings. The molecule has 2 rings (SSSR count). The van der Waals surface area contributed by atoms with Crippen LogP contribution in [0.1, 0.15) is 19.4 Å². The monoisotopic (exact) mass is 271 g/mol. The Bertz CT molecular complexity index is 592.